The molecule has 0 amide bonds. The maximum atomic E-state index is 13.2. The summed E-state index contributed by atoms with van der Waals surface area (Å²) in [6.45, 7) is 0.393. The van der Waals surface area contributed by atoms with Crippen LogP contribution in [-0.4, -0.2) is 24.1 Å². The average molecular weight is 617 g/mol. The first kappa shape index (κ1) is 31.5. The van der Waals surface area contributed by atoms with Gasteiger partial charge in [0.1, 0.15) is 30.4 Å². The number of aryl methyl sites for hydroxylation is 3. The second-order valence-corrected chi connectivity index (χ2v) is 12.7. The van der Waals surface area contributed by atoms with E-state index in [1.54, 1.807) is 13.2 Å². The standard InChI is InChI=1S/C41H44O5/c1-44-38-21-15-30-14-19-35(42)27-36(13-9-4-2-3-6-10-29-11-7-5-8-12-29)45-23-22-32-16-17-33-24-31(28-46-39(38)26-30)25-34-18-20-37(43)41(32)40(33)34/h5,7-8,11-12,15,18,20-21,24-26,32,36,43H,2-4,6,9-10,13-14,16-17,19,27-28H2,1H3/t32-,36+/m1/s1. The Balaban J connectivity index is 1.19. The summed E-state index contributed by atoms with van der Waals surface area (Å²) in [4.78, 5) is 13.2. The van der Waals surface area contributed by atoms with Crippen molar-refractivity contribution in [3.05, 3.63) is 101 Å². The van der Waals surface area contributed by atoms with E-state index in [4.69, 9.17) is 14.2 Å². The van der Waals surface area contributed by atoms with Crippen LogP contribution >= 0.6 is 0 Å². The van der Waals surface area contributed by atoms with Crippen LogP contribution in [0.4, 0.5) is 0 Å². The number of ether oxygens (including phenoxy) is 3. The van der Waals surface area contributed by atoms with Crippen molar-refractivity contribution in [1.82, 2.24) is 0 Å². The second kappa shape index (κ2) is 15.2. The van der Waals surface area contributed by atoms with Crippen LogP contribution in [-0.2, 0) is 35.4 Å². The maximum Gasteiger partial charge on any atom is 0.161 e. The molecule has 2 heterocycles. The molecule has 8 bridgehead atoms. The van der Waals surface area contributed by atoms with Crippen molar-refractivity contribution in [2.45, 2.75) is 95.7 Å². The lowest BCUT2D eigenvalue weighted by Gasteiger charge is -2.24. The third kappa shape index (κ3) is 7.85. The molecule has 46 heavy (non-hydrogen) atoms. The number of carbonyl (C=O) groups is 1. The number of methoxy groups -OCH3 is 1. The lowest BCUT2D eigenvalue weighted by Crippen LogP contribution is -2.17. The Morgan fingerprint density at radius 3 is 2.61 bits per heavy atom. The molecule has 1 aliphatic carbocycles. The van der Waals surface area contributed by atoms with Gasteiger partial charge in [0.2, 0.25) is 0 Å². The maximum absolute atomic E-state index is 13.2. The highest BCUT2D eigenvalue weighted by atomic mass is 16.5. The Morgan fingerprint density at radius 1 is 0.891 bits per heavy atom. The molecule has 0 fully saturated rings. The van der Waals surface area contributed by atoms with Crippen LogP contribution in [0.15, 0.2) is 72.8 Å². The number of hydrogen-bond acceptors (Lipinski definition) is 5. The van der Waals surface area contributed by atoms with E-state index in [2.05, 4.69) is 54.5 Å². The number of carbonyl (C=O) groups excluding carboxylic acids is 1. The fourth-order valence-corrected chi connectivity index (χ4v) is 6.92. The van der Waals surface area contributed by atoms with E-state index in [0.29, 0.717) is 37.4 Å². The zero-order valence-corrected chi connectivity index (χ0v) is 26.9. The Bertz CT molecular complexity index is 1710. The van der Waals surface area contributed by atoms with Crippen LogP contribution in [0, 0.1) is 12.0 Å². The predicted molar refractivity (Wildman–Crippen MR) is 182 cm³/mol. The number of ketones is 1. The van der Waals surface area contributed by atoms with E-state index < -0.39 is 0 Å². The van der Waals surface area contributed by atoms with E-state index in [-0.39, 0.29) is 23.6 Å². The van der Waals surface area contributed by atoms with Gasteiger partial charge in [-0.15, -0.1) is 0 Å². The number of phenols is 1. The Morgan fingerprint density at radius 2 is 1.74 bits per heavy atom. The molecular weight excluding hydrogens is 572 g/mol. The van der Waals surface area contributed by atoms with Gasteiger partial charge in [-0.3, -0.25) is 4.79 Å². The van der Waals surface area contributed by atoms with Crippen molar-refractivity contribution in [1.29, 1.82) is 0 Å². The van der Waals surface area contributed by atoms with Crippen molar-refractivity contribution in [3.63, 3.8) is 0 Å². The van der Waals surface area contributed by atoms with Gasteiger partial charge in [-0.2, -0.15) is 0 Å². The lowest BCUT2D eigenvalue weighted by atomic mass is 9.80. The van der Waals surface area contributed by atoms with Crippen molar-refractivity contribution in [3.8, 4) is 29.3 Å². The molecule has 238 valence electrons. The largest absolute Gasteiger partial charge is 0.508 e. The molecule has 2 aliphatic heterocycles. The molecule has 1 N–H and O–H groups in total. The minimum Gasteiger partial charge on any atom is -0.508 e. The number of benzene rings is 4. The van der Waals surface area contributed by atoms with E-state index in [0.717, 1.165) is 66.0 Å². The summed E-state index contributed by atoms with van der Waals surface area (Å²) in [5.74, 6) is 4.98. The Hall–Kier alpha value is -4.43. The molecule has 0 saturated heterocycles. The van der Waals surface area contributed by atoms with Gasteiger partial charge < -0.3 is 19.3 Å². The van der Waals surface area contributed by atoms with Crippen LogP contribution in [0.3, 0.4) is 0 Å². The van der Waals surface area contributed by atoms with Gasteiger partial charge in [0, 0.05) is 18.4 Å². The number of phenolic OH excluding ortho intramolecular Hbond substituents is 1. The third-order valence-electron chi connectivity index (χ3n) is 9.39. The number of Topliss-reactive ketones (excluding diaryl/α,β-unsaturated/α-hetero) is 1. The number of rotatable bonds is 9. The third-order valence-corrected chi connectivity index (χ3v) is 9.39. The quantitative estimate of drug-likeness (QED) is 0.150. The molecule has 5 heteroatoms. The summed E-state index contributed by atoms with van der Waals surface area (Å²) in [7, 11) is 1.64. The van der Waals surface area contributed by atoms with E-state index in [9.17, 15) is 9.90 Å². The molecule has 0 radical (unpaired) electrons. The van der Waals surface area contributed by atoms with Crippen LogP contribution in [0.2, 0.25) is 0 Å². The second-order valence-electron chi connectivity index (χ2n) is 12.7. The average Bonchev–Trinajstić information content (AvgIpc) is 3.08. The first-order chi connectivity index (χ1) is 22.6. The SMILES string of the molecule is COc1ccc2cc1OCc1cc3c4c(c(O)ccc4c1)[C@@H](C#CO[C@@H](CCCCCCCc1ccccc1)CC(=O)CC2)CC3. The van der Waals surface area contributed by atoms with Crippen LogP contribution in [0.5, 0.6) is 17.2 Å². The molecule has 0 aromatic heterocycles. The minimum atomic E-state index is -0.246. The minimum absolute atomic E-state index is 0.132. The van der Waals surface area contributed by atoms with Gasteiger partial charge in [0.05, 0.1) is 13.0 Å². The molecule has 4 aromatic rings. The fraction of sp³-hybridized carbons (Fsp3) is 0.390. The number of aromatic hydroxyl groups is 1. The van der Waals surface area contributed by atoms with Crippen molar-refractivity contribution in [2.75, 3.05) is 7.11 Å². The molecule has 0 saturated carbocycles. The molecule has 5 nitrogen and oxygen atoms in total. The number of fused-ring (bicyclic) bond motifs is 7. The monoisotopic (exact) mass is 616 g/mol. The Kier molecular flexibility index (Phi) is 10.4. The summed E-state index contributed by atoms with van der Waals surface area (Å²) in [5, 5.41) is 13.1. The van der Waals surface area contributed by atoms with Crippen molar-refractivity contribution in [2.24, 2.45) is 0 Å². The van der Waals surface area contributed by atoms with Gasteiger partial charge >= 0.3 is 0 Å². The number of unbranched alkanes of at least 4 members (excludes halogenated alkanes) is 4. The van der Waals surface area contributed by atoms with Crippen molar-refractivity contribution < 1.29 is 24.1 Å². The highest BCUT2D eigenvalue weighted by Crippen LogP contribution is 2.42. The summed E-state index contributed by atoms with van der Waals surface area (Å²) in [6.07, 6.45) is 13.4. The molecule has 2 atom stereocenters. The highest BCUT2D eigenvalue weighted by molar-refractivity contribution is 5.93. The normalized spacial score (nSPS) is 17.8. The van der Waals surface area contributed by atoms with Crippen LogP contribution < -0.4 is 9.47 Å². The topological polar surface area (TPSA) is 65.0 Å². The molecule has 7 rings (SSSR count). The molecule has 0 spiro atoms. The summed E-state index contributed by atoms with van der Waals surface area (Å²) >= 11 is 0. The van der Waals surface area contributed by atoms with E-state index in [1.807, 2.05) is 24.3 Å². The van der Waals surface area contributed by atoms with E-state index in [1.165, 1.54) is 30.4 Å². The lowest BCUT2D eigenvalue weighted by molar-refractivity contribution is -0.121. The molecular formula is C41H44O5. The molecule has 4 aromatic carbocycles. The van der Waals surface area contributed by atoms with Gasteiger partial charge in [-0.05, 0) is 102 Å². The Labute approximate surface area is 272 Å². The van der Waals surface area contributed by atoms with E-state index >= 15 is 0 Å². The van der Waals surface area contributed by atoms with Gasteiger partial charge in [-0.1, -0.05) is 73.7 Å². The van der Waals surface area contributed by atoms with Crippen LogP contribution in [0.25, 0.3) is 10.8 Å². The van der Waals surface area contributed by atoms with Gasteiger partial charge in [0.25, 0.3) is 0 Å². The van der Waals surface area contributed by atoms with Crippen LogP contribution in [0.1, 0.15) is 91.5 Å². The summed E-state index contributed by atoms with van der Waals surface area (Å²) in [5.41, 5.74) is 5.57. The van der Waals surface area contributed by atoms with Crippen molar-refractivity contribution >= 4 is 16.6 Å². The van der Waals surface area contributed by atoms with Gasteiger partial charge in [-0.25, -0.2) is 0 Å². The summed E-state index contributed by atoms with van der Waals surface area (Å²) in [6, 6.07) is 24.6. The predicted octanol–water partition coefficient (Wildman–Crippen LogP) is 9.00. The zero-order chi connectivity index (χ0) is 31.7. The fourth-order valence-electron chi connectivity index (χ4n) is 6.92. The highest BCUT2D eigenvalue weighted by Gasteiger charge is 2.25. The molecule has 3 aliphatic rings. The zero-order valence-electron chi connectivity index (χ0n) is 26.9. The molecule has 0 unspecified atom stereocenters. The number of hydrogen-bond donors (Lipinski definition) is 1. The first-order valence-electron chi connectivity index (χ1n) is 16.9. The summed E-state index contributed by atoms with van der Waals surface area (Å²) < 4.78 is 18.0. The first-order valence-corrected chi connectivity index (χ1v) is 16.9. The smallest absolute Gasteiger partial charge is 0.161 e. The van der Waals surface area contributed by atoms with Gasteiger partial charge in [0.15, 0.2) is 11.5 Å².